The largest absolute Gasteiger partial charge is 1.00 e. The molecule has 2 aromatic carbocycles. The molecule has 1 saturated heterocycles. The molecule has 1 atom stereocenters. The third-order valence-electron chi connectivity index (χ3n) is 3.97. The first-order valence-corrected chi connectivity index (χ1v) is 7.95. The molecule has 1 aliphatic rings. The van der Waals surface area contributed by atoms with Crippen LogP contribution in [0.1, 0.15) is 31.8 Å². The standard InChI is InChI=1S/C19H22O3.Na.H/c20-17-10-6-15(7-11-17)4-5-16-8-12-18(13-9-16)22-19-3-1-2-14-21-19;;/h6-13,19-20H,1-5,14H2;;/q;+1;-1. The van der Waals surface area contributed by atoms with Gasteiger partial charge in [-0.1, -0.05) is 24.3 Å². The summed E-state index contributed by atoms with van der Waals surface area (Å²) < 4.78 is 11.4. The summed E-state index contributed by atoms with van der Waals surface area (Å²) in [7, 11) is 0. The summed E-state index contributed by atoms with van der Waals surface area (Å²) in [5.41, 5.74) is 2.51. The fourth-order valence-corrected chi connectivity index (χ4v) is 2.64. The van der Waals surface area contributed by atoms with E-state index in [1.165, 1.54) is 17.5 Å². The van der Waals surface area contributed by atoms with Gasteiger partial charge in [0.25, 0.3) is 0 Å². The normalized spacial score (nSPS) is 17.3. The minimum atomic E-state index is -0.0865. The molecule has 3 nitrogen and oxygen atoms in total. The van der Waals surface area contributed by atoms with E-state index >= 15 is 0 Å². The minimum Gasteiger partial charge on any atom is -1.00 e. The summed E-state index contributed by atoms with van der Waals surface area (Å²) in [6.45, 7) is 0.801. The summed E-state index contributed by atoms with van der Waals surface area (Å²) in [4.78, 5) is 0. The number of aryl methyl sites for hydroxylation is 2. The molecule has 0 amide bonds. The number of ether oxygens (including phenoxy) is 2. The number of aromatic hydroxyl groups is 1. The van der Waals surface area contributed by atoms with Gasteiger partial charge in [0.05, 0.1) is 6.61 Å². The number of phenolic OH excluding ortho intramolecular Hbond substituents is 1. The quantitative estimate of drug-likeness (QED) is 0.841. The average Bonchev–Trinajstić information content (AvgIpc) is 2.57. The van der Waals surface area contributed by atoms with Gasteiger partial charge in [-0.15, -0.1) is 0 Å². The summed E-state index contributed by atoms with van der Waals surface area (Å²) in [5, 5.41) is 9.28. The molecule has 1 heterocycles. The van der Waals surface area contributed by atoms with E-state index in [-0.39, 0.29) is 37.3 Å². The average molecular weight is 322 g/mol. The zero-order valence-electron chi connectivity index (χ0n) is 14.7. The van der Waals surface area contributed by atoms with Gasteiger partial charge < -0.3 is 16.0 Å². The Morgan fingerprint density at radius 2 is 1.57 bits per heavy atom. The van der Waals surface area contributed by atoms with Crippen LogP contribution in [0.2, 0.25) is 0 Å². The van der Waals surface area contributed by atoms with Crippen LogP contribution in [-0.2, 0) is 17.6 Å². The maximum Gasteiger partial charge on any atom is 1.00 e. The second kappa shape index (κ2) is 9.33. The van der Waals surface area contributed by atoms with Crippen molar-refractivity contribution in [1.82, 2.24) is 0 Å². The minimum absolute atomic E-state index is 0. The van der Waals surface area contributed by atoms with Gasteiger partial charge in [0.2, 0.25) is 0 Å². The van der Waals surface area contributed by atoms with E-state index in [1.807, 2.05) is 24.3 Å². The van der Waals surface area contributed by atoms with Crippen LogP contribution in [0.15, 0.2) is 48.5 Å². The van der Waals surface area contributed by atoms with E-state index < -0.39 is 0 Å². The van der Waals surface area contributed by atoms with Crippen LogP contribution in [0, 0.1) is 0 Å². The predicted octanol–water partition coefficient (Wildman–Crippen LogP) is 1.20. The van der Waals surface area contributed by atoms with Gasteiger partial charge in [0.15, 0.2) is 6.29 Å². The molecule has 0 aliphatic carbocycles. The molecule has 2 aromatic rings. The Balaban J connectivity index is 0.00000144. The Hall–Kier alpha value is -1.00. The van der Waals surface area contributed by atoms with Crippen LogP contribution in [0.4, 0.5) is 0 Å². The molecular formula is C19H23NaO3. The van der Waals surface area contributed by atoms with E-state index in [0.29, 0.717) is 5.75 Å². The number of benzene rings is 2. The number of phenols is 1. The molecule has 0 saturated carbocycles. The monoisotopic (exact) mass is 322 g/mol. The summed E-state index contributed by atoms with van der Waals surface area (Å²) >= 11 is 0. The van der Waals surface area contributed by atoms with Crippen LogP contribution in [-0.4, -0.2) is 18.0 Å². The SMILES string of the molecule is Oc1ccc(CCc2ccc(OC3CCCCO3)cc2)cc1.[H-].[Na+]. The van der Waals surface area contributed by atoms with Gasteiger partial charge in [-0.3, -0.25) is 0 Å². The molecule has 1 unspecified atom stereocenters. The fourth-order valence-electron chi connectivity index (χ4n) is 2.64. The summed E-state index contributed by atoms with van der Waals surface area (Å²) in [5.74, 6) is 1.19. The van der Waals surface area contributed by atoms with Crippen molar-refractivity contribution in [2.75, 3.05) is 6.61 Å². The molecule has 0 aromatic heterocycles. The van der Waals surface area contributed by atoms with Crippen molar-refractivity contribution >= 4 is 0 Å². The van der Waals surface area contributed by atoms with Crippen molar-refractivity contribution < 1.29 is 45.6 Å². The second-order valence-corrected chi connectivity index (χ2v) is 5.72. The Kier molecular flexibility index (Phi) is 7.44. The molecule has 23 heavy (non-hydrogen) atoms. The topological polar surface area (TPSA) is 38.7 Å². The van der Waals surface area contributed by atoms with Crippen LogP contribution < -0.4 is 34.3 Å². The van der Waals surface area contributed by atoms with Crippen molar-refractivity contribution in [3.05, 3.63) is 59.7 Å². The van der Waals surface area contributed by atoms with Gasteiger partial charge in [0.1, 0.15) is 11.5 Å². The summed E-state index contributed by atoms with van der Waals surface area (Å²) in [6, 6.07) is 15.7. The maximum absolute atomic E-state index is 9.28. The molecule has 0 bridgehead atoms. The van der Waals surface area contributed by atoms with E-state index in [2.05, 4.69) is 12.1 Å². The van der Waals surface area contributed by atoms with Crippen molar-refractivity contribution in [3.8, 4) is 11.5 Å². The zero-order valence-corrected chi connectivity index (χ0v) is 15.7. The first kappa shape index (κ1) is 18.3. The Labute approximate surface area is 161 Å². The molecule has 1 N–H and O–H groups in total. The molecule has 1 aliphatic heterocycles. The Morgan fingerprint density at radius 3 is 2.13 bits per heavy atom. The number of hydrogen-bond acceptors (Lipinski definition) is 3. The molecule has 1 fully saturated rings. The van der Waals surface area contributed by atoms with Crippen molar-refractivity contribution in [2.45, 2.75) is 38.4 Å². The van der Waals surface area contributed by atoms with Gasteiger partial charge in [-0.05, 0) is 61.1 Å². The third kappa shape index (κ3) is 5.85. The first-order chi connectivity index (χ1) is 10.8. The van der Waals surface area contributed by atoms with E-state index in [1.54, 1.807) is 12.1 Å². The van der Waals surface area contributed by atoms with Gasteiger partial charge in [0, 0.05) is 6.42 Å². The van der Waals surface area contributed by atoms with Crippen molar-refractivity contribution in [2.24, 2.45) is 0 Å². The number of hydrogen-bond donors (Lipinski definition) is 1. The van der Waals surface area contributed by atoms with Gasteiger partial charge in [-0.25, -0.2) is 0 Å². The molecule has 0 radical (unpaired) electrons. The van der Waals surface area contributed by atoms with E-state index in [0.717, 1.165) is 38.0 Å². The second-order valence-electron chi connectivity index (χ2n) is 5.72. The van der Waals surface area contributed by atoms with E-state index in [9.17, 15) is 5.11 Å². The predicted molar refractivity (Wildman–Crippen MR) is 87.3 cm³/mol. The molecule has 118 valence electrons. The fraction of sp³-hybridized carbons (Fsp3) is 0.368. The Morgan fingerprint density at radius 1 is 0.957 bits per heavy atom. The molecular weight excluding hydrogens is 299 g/mol. The smallest absolute Gasteiger partial charge is 1.00 e. The van der Waals surface area contributed by atoms with E-state index in [4.69, 9.17) is 9.47 Å². The van der Waals surface area contributed by atoms with Crippen LogP contribution in [0.3, 0.4) is 0 Å². The molecule has 4 heteroatoms. The van der Waals surface area contributed by atoms with Crippen LogP contribution in [0.5, 0.6) is 11.5 Å². The van der Waals surface area contributed by atoms with Crippen molar-refractivity contribution in [3.63, 3.8) is 0 Å². The van der Waals surface area contributed by atoms with Crippen LogP contribution in [0.25, 0.3) is 0 Å². The molecule has 0 spiro atoms. The Bertz CT molecular complexity index is 581. The van der Waals surface area contributed by atoms with Crippen molar-refractivity contribution in [1.29, 1.82) is 0 Å². The van der Waals surface area contributed by atoms with Gasteiger partial charge in [-0.2, -0.15) is 0 Å². The number of rotatable bonds is 5. The molecule has 3 rings (SSSR count). The zero-order chi connectivity index (χ0) is 15.2. The third-order valence-corrected chi connectivity index (χ3v) is 3.97. The van der Waals surface area contributed by atoms with Crippen LogP contribution >= 0.6 is 0 Å². The van der Waals surface area contributed by atoms with Gasteiger partial charge >= 0.3 is 29.6 Å². The summed E-state index contributed by atoms with van der Waals surface area (Å²) in [6.07, 6.45) is 5.14. The first-order valence-electron chi connectivity index (χ1n) is 7.95. The maximum atomic E-state index is 9.28.